The van der Waals surface area contributed by atoms with Crippen LogP contribution < -0.4 is 32.1 Å². The highest BCUT2D eigenvalue weighted by atomic mass is 19.1. The Hall–Kier alpha value is -4.69. The van der Waals surface area contributed by atoms with Crippen LogP contribution >= 0.6 is 0 Å². The number of fused-ring (bicyclic) bond motifs is 1. The van der Waals surface area contributed by atoms with Crippen molar-refractivity contribution in [2.75, 3.05) is 34.4 Å². The van der Waals surface area contributed by atoms with E-state index in [1.54, 1.807) is 0 Å². The predicted molar refractivity (Wildman–Crippen MR) is 121 cm³/mol. The molecule has 0 bridgehead atoms. The van der Waals surface area contributed by atoms with Gasteiger partial charge in [-0.05, 0) is 24.3 Å². The van der Waals surface area contributed by atoms with Crippen molar-refractivity contribution in [3.05, 3.63) is 40.2 Å². The molecule has 1 aliphatic rings. The monoisotopic (exact) mass is 491 g/mol. The summed E-state index contributed by atoms with van der Waals surface area (Å²) >= 11 is 0. The van der Waals surface area contributed by atoms with Gasteiger partial charge in [0, 0.05) is 30.8 Å². The first-order chi connectivity index (χ1) is 16.6. The molecule has 35 heavy (non-hydrogen) atoms. The normalized spacial score (nSPS) is 16.3. The molecule has 1 aliphatic heterocycles. The molecule has 0 spiro atoms. The van der Waals surface area contributed by atoms with Crippen molar-refractivity contribution >= 4 is 47.4 Å². The number of benzene rings is 1. The molecule has 14 nitrogen and oxygen atoms in total. The number of carbonyl (C=O) groups is 4. The molecule has 0 fully saturated rings. The number of aliphatic carboxylic acids is 2. The molecule has 15 heteroatoms. The van der Waals surface area contributed by atoms with E-state index >= 15 is 0 Å². The molecule has 0 saturated carbocycles. The van der Waals surface area contributed by atoms with Gasteiger partial charge in [-0.1, -0.05) is 0 Å². The van der Waals surface area contributed by atoms with E-state index in [0.717, 1.165) is 0 Å². The summed E-state index contributed by atoms with van der Waals surface area (Å²) in [5, 5.41) is 25.8. The van der Waals surface area contributed by atoms with E-state index in [1.165, 1.54) is 29.2 Å². The summed E-state index contributed by atoms with van der Waals surface area (Å²) in [7, 11) is 0. The molecule has 3 rings (SSSR count). The second-order valence-corrected chi connectivity index (χ2v) is 7.56. The first kappa shape index (κ1) is 24.9. The molecule has 2 heterocycles. The molecule has 0 radical (unpaired) electrons. The van der Waals surface area contributed by atoms with Gasteiger partial charge in [0.1, 0.15) is 6.04 Å². The summed E-state index contributed by atoms with van der Waals surface area (Å²) in [5.41, 5.74) is 5.59. The number of amides is 2. The van der Waals surface area contributed by atoms with Gasteiger partial charge in [0.25, 0.3) is 11.5 Å². The molecule has 8 N–H and O–H groups in total. The van der Waals surface area contributed by atoms with Crippen LogP contribution in [0.1, 0.15) is 16.8 Å². The highest BCUT2D eigenvalue weighted by molar-refractivity contribution is 5.97. The first-order valence-corrected chi connectivity index (χ1v) is 10.2. The Morgan fingerprint density at radius 1 is 1.26 bits per heavy atom. The molecule has 3 unspecified atom stereocenters. The number of nitrogens with two attached hydrogens (primary N) is 1. The van der Waals surface area contributed by atoms with Crippen LogP contribution in [0.15, 0.2) is 29.1 Å². The van der Waals surface area contributed by atoms with E-state index in [9.17, 15) is 28.4 Å². The Labute approximate surface area is 196 Å². The fraction of sp³-hybridized carbons (Fsp3) is 0.300. The van der Waals surface area contributed by atoms with Gasteiger partial charge < -0.3 is 36.8 Å². The molecule has 1 aromatic heterocycles. The quantitative estimate of drug-likeness (QED) is 0.204. The van der Waals surface area contributed by atoms with Crippen LogP contribution in [-0.2, 0) is 14.4 Å². The number of alkyl halides is 1. The number of nitrogens with zero attached hydrogens (tertiary/aromatic N) is 2. The van der Waals surface area contributed by atoms with Gasteiger partial charge in [-0.25, -0.2) is 14.0 Å². The Bertz CT molecular complexity index is 1190. The second-order valence-electron chi connectivity index (χ2n) is 7.56. The average molecular weight is 491 g/mol. The smallest absolute Gasteiger partial charge is 0.338 e. The summed E-state index contributed by atoms with van der Waals surface area (Å²) in [6.07, 6.45) is -2.86. The van der Waals surface area contributed by atoms with Gasteiger partial charge in [0.05, 0.1) is 6.04 Å². The Balaban J connectivity index is 1.62. The van der Waals surface area contributed by atoms with Crippen molar-refractivity contribution in [3.8, 4) is 0 Å². The van der Waals surface area contributed by atoms with Gasteiger partial charge in [0.15, 0.2) is 17.7 Å². The number of carbonyl (C=O) groups excluding carboxylic acids is 2. The predicted octanol–water partition coefficient (Wildman–Crippen LogP) is -0.783. The van der Waals surface area contributed by atoms with Crippen LogP contribution in [0.2, 0.25) is 0 Å². The number of carboxylic acids is 2. The summed E-state index contributed by atoms with van der Waals surface area (Å²) in [5.74, 6) is -4.12. The minimum atomic E-state index is -2.45. The minimum Gasteiger partial charge on any atom is -0.480 e. The summed E-state index contributed by atoms with van der Waals surface area (Å²) in [4.78, 5) is 65.6. The summed E-state index contributed by atoms with van der Waals surface area (Å²) in [6.45, 7) is 0.492. The number of hydrogen-bond donors (Lipinski definition) is 7. The van der Waals surface area contributed by atoms with Crippen LogP contribution in [0.25, 0.3) is 0 Å². The number of nitrogens with one attached hydrogen (secondary N) is 4. The number of anilines is 4. The van der Waals surface area contributed by atoms with Gasteiger partial charge in [-0.2, -0.15) is 4.98 Å². The van der Waals surface area contributed by atoms with Crippen LogP contribution in [-0.4, -0.2) is 75.8 Å². The average Bonchev–Trinajstić information content (AvgIpc) is 2.81. The van der Waals surface area contributed by atoms with Gasteiger partial charge in [0.2, 0.25) is 12.4 Å². The largest absolute Gasteiger partial charge is 0.480 e. The van der Waals surface area contributed by atoms with Gasteiger partial charge in [-0.15, -0.1) is 0 Å². The molecule has 2 aromatic rings. The van der Waals surface area contributed by atoms with Crippen molar-refractivity contribution in [1.29, 1.82) is 0 Å². The highest BCUT2D eigenvalue weighted by Gasteiger charge is 2.30. The number of aromatic nitrogens is 2. The van der Waals surface area contributed by atoms with E-state index in [4.69, 9.17) is 15.9 Å². The number of halogens is 1. The lowest BCUT2D eigenvalue weighted by molar-refractivity contribution is -0.145. The zero-order valence-electron chi connectivity index (χ0n) is 18.0. The third kappa shape index (κ3) is 5.82. The molecule has 1 aromatic carbocycles. The highest BCUT2D eigenvalue weighted by Crippen LogP contribution is 2.25. The zero-order valence-corrected chi connectivity index (χ0v) is 18.0. The van der Waals surface area contributed by atoms with Gasteiger partial charge in [-0.3, -0.25) is 19.4 Å². The number of H-pyrrole nitrogens is 1. The fourth-order valence-corrected chi connectivity index (χ4v) is 3.40. The minimum absolute atomic E-state index is 0.0330. The standard InChI is InChI=1S/C20H22FN7O7/c21-12(18(32)33)5-13(19(34)35)25-16(30)9-1-3-10(4-2-9)23-6-11-7-24-15-14(28(11)8-29)17(31)27-20(22)26-15/h1-4,8,11-13,23H,5-7H2,(H,25,30)(H,32,33)(H,34,35)(H4,22,24,26,27,31). The number of hydrogen-bond acceptors (Lipinski definition) is 9. The lowest BCUT2D eigenvalue weighted by atomic mass is 10.1. The molecule has 0 aliphatic carbocycles. The second kappa shape index (κ2) is 10.5. The third-order valence-electron chi connectivity index (χ3n) is 5.19. The van der Waals surface area contributed by atoms with Crippen LogP contribution in [0.4, 0.5) is 27.5 Å². The number of rotatable bonds is 10. The van der Waals surface area contributed by atoms with Gasteiger partial charge >= 0.3 is 11.9 Å². The van der Waals surface area contributed by atoms with E-state index in [0.29, 0.717) is 12.1 Å². The number of aromatic amines is 1. The SMILES string of the molecule is Nc1nc2c(c(=O)[nH]1)N(C=O)C(CNc1ccc(C(=O)NC(CC(F)C(=O)O)C(=O)O)cc1)CN2. The number of carboxylic acid groups (broad SMARTS) is 2. The van der Waals surface area contributed by atoms with Crippen molar-refractivity contribution in [2.24, 2.45) is 0 Å². The molecule has 186 valence electrons. The van der Waals surface area contributed by atoms with E-state index < -0.39 is 48.1 Å². The van der Waals surface area contributed by atoms with Crippen molar-refractivity contribution in [1.82, 2.24) is 15.3 Å². The Morgan fingerprint density at radius 3 is 2.54 bits per heavy atom. The fourth-order valence-electron chi connectivity index (χ4n) is 3.40. The molecular formula is C20H22FN7O7. The maximum Gasteiger partial charge on any atom is 0.338 e. The first-order valence-electron chi connectivity index (χ1n) is 10.2. The van der Waals surface area contributed by atoms with Crippen molar-refractivity contribution in [3.63, 3.8) is 0 Å². The summed E-state index contributed by atoms with van der Waals surface area (Å²) < 4.78 is 13.4. The molecule has 0 saturated heterocycles. The Morgan fingerprint density at radius 2 is 1.94 bits per heavy atom. The molecule has 2 amide bonds. The van der Waals surface area contributed by atoms with E-state index in [1.807, 2.05) is 0 Å². The summed E-state index contributed by atoms with van der Waals surface area (Å²) in [6, 6.07) is 3.60. The molecule has 3 atom stereocenters. The maximum absolute atomic E-state index is 13.4. The Kier molecular flexibility index (Phi) is 7.48. The van der Waals surface area contributed by atoms with Crippen molar-refractivity contribution < 1.29 is 33.8 Å². The van der Waals surface area contributed by atoms with Crippen LogP contribution in [0, 0.1) is 0 Å². The van der Waals surface area contributed by atoms with Crippen LogP contribution in [0.5, 0.6) is 0 Å². The van der Waals surface area contributed by atoms with E-state index in [-0.39, 0.29) is 36.1 Å². The van der Waals surface area contributed by atoms with Crippen LogP contribution in [0.3, 0.4) is 0 Å². The molecular weight excluding hydrogens is 469 g/mol. The number of nitrogen functional groups attached to an aromatic ring is 1. The third-order valence-corrected chi connectivity index (χ3v) is 5.19. The maximum atomic E-state index is 13.4. The van der Waals surface area contributed by atoms with Crippen molar-refractivity contribution in [2.45, 2.75) is 24.7 Å². The lowest BCUT2D eigenvalue weighted by Gasteiger charge is -2.34. The zero-order chi connectivity index (χ0) is 25.7. The lowest BCUT2D eigenvalue weighted by Crippen LogP contribution is -2.50. The topological polar surface area (TPSA) is 220 Å². The van der Waals surface area contributed by atoms with E-state index in [2.05, 4.69) is 25.9 Å².